The van der Waals surface area contributed by atoms with Crippen LogP contribution in [-0.4, -0.2) is 22.0 Å². The van der Waals surface area contributed by atoms with E-state index < -0.39 is 0 Å². The van der Waals surface area contributed by atoms with Crippen LogP contribution >= 0.6 is 0 Å². The van der Waals surface area contributed by atoms with Crippen LogP contribution in [0.2, 0.25) is 0 Å². The highest BCUT2D eigenvalue weighted by atomic mass is 16.2. The number of hydrogen-bond donors (Lipinski definition) is 0. The Morgan fingerprint density at radius 2 is 1.32 bits per heavy atom. The molecular formula is C37H55N3O. The van der Waals surface area contributed by atoms with Crippen LogP contribution in [0.3, 0.4) is 0 Å². The molecule has 4 nitrogen and oxygen atoms in total. The van der Waals surface area contributed by atoms with Crippen LogP contribution in [-0.2, 0) is 11.3 Å². The van der Waals surface area contributed by atoms with E-state index in [0.29, 0.717) is 13.0 Å². The molecule has 4 rings (SSSR count). The number of para-hydroxylation sites is 2. The summed E-state index contributed by atoms with van der Waals surface area (Å²) >= 11 is 0. The molecule has 1 amide bonds. The molecule has 0 saturated carbocycles. The van der Waals surface area contributed by atoms with Crippen LogP contribution in [0.5, 0.6) is 0 Å². The predicted octanol–water partition coefficient (Wildman–Crippen LogP) is 10.4. The van der Waals surface area contributed by atoms with Crippen molar-refractivity contribution in [1.82, 2.24) is 9.55 Å². The molecule has 224 valence electrons. The van der Waals surface area contributed by atoms with Gasteiger partial charge >= 0.3 is 0 Å². The van der Waals surface area contributed by atoms with Crippen LogP contribution < -0.4 is 4.90 Å². The highest BCUT2D eigenvalue weighted by molar-refractivity contribution is 5.97. The lowest BCUT2D eigenvalue weighted by Crippen LogP contribution is -2.25. The normalized spacial score (nSPS) is 15.4. The van der Waals surface area contributed by atoms with Gasteiger partial charge in [-0.25, -0.2) is 4.98 Å². The zero-order valence-electron chi connectivity index (χ0n) is 26.3. The number of benzene rings is 2. The van der Waals surface area contributed by atoms with E-state index in [2.05, 4.69) is 67.8 Å². The molecule has 3 aromatic rings. The number of amides is 1. The van der Waals surface area contributed by atoms with Gasteiger partial charge in [0.05, 0.1) is 11.0 Å². The van der Waals surface area contributed by atoms with E-state index in [0.717, 1.165) is 23.6 Å². The van der Waals surface area contributed by atoms with E-state index >= 15 is 0 Å². The van der Waals surface area contributed by atoms with Gasteiger partial charge in [0.2, 0.25) is 5.91 Å². The molecule has 1 saturated heterocycles. The average molecular weight is 558 g/mol. The first-order chi connectivity index (χ1) is 20.1. The number of carbonyl (C=O) groups is 1. The first-order valence-corrected chi connectivity index (χ1v) is 16.9. The lowest BCUT2D eigenvalue weighted by atomic mass is 10.0. The van der Waals surface area contributed by atoms with Crippen molar-refractivity contribution in [2.75, 3.05) is 11.4 Å². The van der Waals surface area contributed by atoms with Crippen molar-refractivity contribution in [1.29, 1.82) is 0 Å². The number of hydrogen-bond acceptors (Lipinski definition) is 2. The Hall–Kier alpha value is -2.62. The predicted molar refractivity (Wildman–Crippen MR) is 175 cm³/mol. The summed E-state index contributed by atoms with van der Waals surface area (Å²) in [4.78, 5) is 20.2. The van der Waals surface area contributed by atoms with Gasteiger partial charge in [0, 0.05) is 31.1 Å². The third kappa shape index (κ3) is 8.93. The number of anilines is 1. The zero-order valence-corrected chi connectivity index (χ0v) is 26.3. The van der Waals surface area contributed by atoms with Crippen molar-refractivity contribution < 1.29 is 4.79 Å². The molecule has 0 spiro atoms. The van der Waals surface area contributed by atoms with E-state index in [1.807, 2.05) is 4.90 Å². The monoisotopic (exact) mass is 557 g/mol. The topological polar surface area (TPSA) is 38.1 Å². The van der Waals surface area contributed by atoms with Gasteiger partial charge in [0.25, 0.3) is 0 Å². The molecule has 0 N–H and O–H groups in total. The van der Waals surface area contributed by atoms with Crippen molar-refractivity contribution in [3.63, 3.8) is 0 Å². The van der Waals surface area contributed by atoms with Crippen molar-refractivity contribution in [2.24, 2.45) is 0 Å². The molecule has 0 aliphatic carbocycles. The minimum Gasteiger partial charge on any atom is -0.328 e. The number of aryl methyl sites for hydroxylation is 2. The highest BCUT2D eigenvalue weighted by Gasteiger charge is 2.35. The molecule has 41 heavy (non-hydrogen) atoms. The second-order valence-corrected chi connectivity index (χ2v) is 12.5. The van der Waals surface area contributed by atoms with Crippen molar-refractivity contribution in [3.05, 3.63) is 59.4 Å². The minimum absolute atomic E-state index is 0.135. The van der Waals surface area contributed by atoms with Crippen molar-refractivity contribution in [2.45, 2.75) is 142 Å². The molecule has 0 radical (unpaired) electrons. The Morgan fingerprint density at radius 1 is 0.732 bits per heavy atom. The third-order valence-electron chi connectivity index (χ3n) is 9.28. The fraction of sp³-hybridized carbons (Fsp3) is 0.622. The summed E-state index contributed by atoms with van der Waals surface area (Å²) in [7, 11) is 0. The lowest BCUT2D eigenvalue weighted by Gasteiger charge is -2.20. The van der Waals surface area contributed by atoms with E-state index in [1.54, 1.807) is 0 Å². The SMILES string of the molecule is CCCCCCCCCCCCCCCCCCn1c(C2CC(=O)N(c3cccc(C)c3C)C2)nc2ccccc21. The fourth-order valence-corrected chi connectivity index (χ4v) is 6.60. The van der Waals surface area contributed by atoms with Crippen LogP contribution in [0, 0.1) is 13.8 Å². The number of unbranched alkanes of at least 4 members (excludes halogenated alkanes) is 15. The van der Waals surface area contributed by atoms with Crippen molar-refractivity contribution in [3.8, 4) is 0 Å². The largest absolute Gasteiger partial charge is 0.328 e. The first kappa shape index (κ1) is 31.3. The summed E-state index contributed by atoms with van der Waals surface area (Å²) in [6, 6.07) is 14.8. The van der Waals surface area contributed by atoms with Crippen LogP contribution in [0.15, 0.2) is 42.5 Å². The standard InChI is InChI=1S/C37H55N3O/c1-4-5-6-7-8-9-10-11-12-13-14-15-16-17-18-21-27-39-35-25-20-19-24-33(35)38-37(39)32-28-36(41)40(29-32)34-26-22-23-30(2)31(34)3/h19-20,22-26,32H,4-18,21,27-29H2,1-3H3. The van der Waals surface area contributed by atoms with Gasteiger partial charge in [-0.1, -0.05) is 128 Å². The Bertz CT molecular complexity index is 1210. The molecule has 2 heterocycles. The molecule has 1 fully saturated rings. The summed E-state index contributed by atoms with van der Waals surface area (Å²) in [5, 5.41) is 0. The smallest absolute Gasteiger partial charge is 0.227 e. The van der Waals surface area contributed by atoms with Gasteiger partial charge in [-0.2, -0.15) is 0 Å². The highest BCUT2D eigenvalue weighted by Crippen LogP contribution is 2.35. The van der Waals surface area contributed by atoms with Crippen LogP contribution in [0.4, 0.5) is 5.69 Å². The van der Waals surface area contributed by atoms with Gasteiger partial charge in [0.1, 0.15) is 5.82 Å². The summed E-state index contributed by atoms with van der Waals surface area (Å²) in [6.45, 7) is 8.24. The third-order valence-corrected chi connectivity index (χ3v) is 9.28. The van der Waals surface area contributed by atoms with Gasteiger partial charge in [0.15, 0.2) is 0 Å². The Balaban J connectivity index is 1.19. The average Bonchev–Trinajstić information content (AvgIpc) is 3.54. The molecule has 4 heteroatoms. The quantitative estimate of drug-likeness (QED) is 0.137. The number of fused-ring (bicyclic) bond motifs is 1. The van der Waals surface area contributed by atoms with E-state index in [1.165, 1.54) is 119 Å². The van der Waals surface area contributed by atoms with Crippen molar-refractivity contribution >= 4 is 22.6 Å². The maximum Gasteiger partial charge on any atom is 0.227 e. The molecule has 2 aromatic carbocycles. The summed E-state index contributed by atoms with van der Waals surface area (Å²) in [5.74, 6) is 1.44. The maximum absolute atomic E-state index is 13.2. The number of aromatic nitrogens is 2. The molecule has 0 bridgehead atoms. The van der Waals surface area contributed by atoms with Gasteiger partial charge in [-0.15, -0.1) is 0 Å². The molecule has 1 aliphatic heterocycles. The Morgan fingerprint density at radius 3 is 1.95 bits per heavy atom. The maximum atomic E-state index is 13.2. The van der Waals surface area contributed by atoms with Crippen LogP contribution in [0.25, 0.3) is 11.0 Å². The zero-order chi connectivity index (χ0) is 28.9. The minimum atomic E-state index is 0.135. The molecular weight excluding hydrogens is 502 g/mol. The summed E-state index contributed by atoms with van der Waals surface area (Å²) < 4.78 is 2.42. The first-order valence-electron chi connectivity index (χ1n) is 16.9. The molecule has 1 atom stereocenters. The molecule has 1 aliphatic rings. The van der Waals surface area contributed by atoms with E-state index in [9.17, 15) is 4.79 Å². The summed E-state index contributed by atoms with van der Waals surface area (Å²) in [5.41, 5.74) is 5.74. The lowest BCUT2D eigenvalue weighted by molar-refractivity contribution is -0.117. The second kappa shape index (κ2) is 16.7. The van der Waals surface area contributed by atoms with Gasteiger partial charge in [-0.3, -0.25) is 4.79 Å². The summed E-state index contributed by atoms with van der Waals surface area (Å²) in [6.07, 6.45) is 22.7. The molecule has 1 unspecified atom stereocenters. The van der Waals surface area contributed by atoms with E-state index in [4.69, 9.17) is 4.98 Å². The Kier molecular flexibility index (Phi) is 12.8. The fourth-order valence-electron chi connectivity index (χ4n) is 6.60. The van der Waals surface area contributed by atoms with E-state index in [-0.39, 0.29) is 11.8 Å². The van der Waals surface area contributed by atoms with Crippen LogP contribution in [0.1, 0.15) is 139 Å². The number of rotatable bonds is 19. The second-order valence-electron chi connectivity index (χ2n) is 12.5. The van der Waals surface area contributed by atoms with Gasteiger partial charge in [-0.05, 0) is 49.6 Å². The number of imidazole rings is 1. The number of carbonyl (C=O) groups excluding carboxylic acids is 1. The Labute approximate surface area is 249 Å². The molecule has 1 aromatic heterocycles. The van der Waals surface area contributed by atoms with Gasteiger partial charge < -0.3 is 9.47 Å². The number of nitrogens with zero attached hydrogens (tertiary/aromatic N) is 3.